The van der Waals surface area contributed by atoms with Gasteiger partial charge in [-0.2, -0.15) is 0 Å². The van der Waals surface area contributed by atoms with Gasteiger partial charge in [-0.25, -0.2) is 0 Å². The molecule has 0 radical (unpaired) electrons. The summed E-state index contributed by atoms with van der Waals surface area (Å²) >= 11 is 0. The maximum absolute atomic E-state index is 12.7. The highest BCUT2D eigenvalue weighted by molar-refractivity contribution is 5.78. The van der Waals surface area contributed by atoms with Gasteiger partial charge >= 0.3 is 5.97 Å². The second-order valence-corrected chi connectivity index (χ2v) is 9.48. The van der Waals surface area contributed by atoms with E-state index in [0.29, 0.717) is 0 Å². The zero-order chi connectivity index (χ0) is 17.0. The van der Waals surface area contributed by atoms with Gasteiger partial charge in [0.2, 0.25) is 0 Å². The molecule has 0 spiro atoms. The first-order valence-corrected chi connectivity index (χ1v) is 8.70. The predicted molar refractivity (Wildman–Crippen MR) is 82.4 cm³/mol. The molecule has 0 amide bonds. The molecule has 0 aromatic carbocycles. The summed E-state index contributed by atoms with van der Waals surface area (Å²) < 4.78 is 18.1. The first-order valence-electron chi connectivity index (χ1n) is 8.70. The van der Waals surface area contributed by atoms with Crippen LogP contribution in [-0.2, 0) is 19.0 Å². The van der Waals surface area contributed by atoms with Crippen LogP contribution in [0.3, 0.4) is 0 Å². The Bertz CT molecular complexity index is 566. The van der Waals surface area contributed by atoms with Gasteiger partial charge in [0.25, 0.3) is 0 Å². The molecule has 4 fully saturated rings. The van der Waals surface area contributed by atoms with Gasteiger partial charge in [-0.15, -0.1) is 0 Å². The highest BCUT2D eigenvalue weighted by Gasteiger charge is 2.77. The Balaban J connectivity index is 1.91. The van der Waals surface area contributed by atoms with Crippen LogP contribution in [0.4, 0.5) is 0 Å². The van der Waals surface area contributed by atoms with E-state index in [4.69, 9.17) is 14.2 Å². The zero-order valence-electron chi connectivity index (χ0n) is 14.9. The summed E-state index contributed by atoms with van der Waals surface area (Å²) in [4.78, 5) is 12.7. The SMILES string of the molecule is CC1(C)O[C@@H]2[C@H](O1)[C@@](C)(O)[C@H]1C(=O)O[C@H]3CCC(C)(C)[C@H]2[C@]31C. The van der Waals surface area contributed by atoms with Crippen LogP contribution in [0.15, 0.2) is 0 Å². The number of esters is 1. The fraction of sp³-hybridized carbons (Fsp3) is 0.944. The number of rotatable bonds is 0. The van der Waals surface area contributed by atoms with Crippen molar-refractivity contribution in [1.82, 2.24) is 0 Å². The molecule has 2 aliphatic heterocycles. The summed E-state index contributed by atoms with van der Waals surface area (Å²) in [6, 6.07) is 0. The number of carbonyl (C=O) groups excluding carboxylic acids is 1. The number of ether oxygens (including phenoxy) is 3. The lowest BCUT2D eigenvalue weighted by molar-refractivity contribution is -0.225. The maximum atomic E-state index is 12.7. The van der Waals surface area contributed by atoms with Gasteiger partial charge in [0, 0.05) is 11.3 Å². The summed E-state index contributed by atoms with van der Waals surface area (Å²) in [6.45, 7) is 12.1. The molecule has 0 aromatic rings. The van der Waals surface area contributed by atoms with Gasteiger partial charge in [0.15, 0.2) is 5.79 Å². The van der Waals surface area contributed by atoms with Gasteiger partial charge < -0.3 is 19.3 Å². The van der Waals surface area contributed by atoms with Crippen molar-refractivity contribution in [2.75, 3.05) is 0 Å². The van der Waals surface area contributed by atoms with Crippen molar-refractivity contribution in [3.63, 3.8) is 0 Å². The Morgan fingerprint density at radius 3 is 2.39 bits per heavy atom. The smallest absolute Gasteiger partial charge is 0.312 e. The van der Waals surface area contributed by atoms with E-state index in [2.05, 4.69) is 20.8 Å². The average molecular weight is 324 g/mol. The molecule has 5 nitrogen and oxygen atoms in total. The van der Waals surface area contributed by atoms with Crippen LogP contribution in [0, 0.1) is 22.7 Å². The number of hydrogen-bond acceptors (Lipinski definition) is 5. The highest BCUT2D eigenvalue weighted by Crippen LogP contribution is 2.67. The second kappa shape index (κ2) is 4.12. The number of aliphatic hydroxyl groups is 1. The van der Waals surface area contributed by atoms with Crippen molar-refractivity contribution in [2.45, 2.75) is 84.1 Å². The van der Waals surface area contributed by atoms with Crippen molar-refractivity contribution < 1.29 is 24.1 Å². The standard InChI is InChI=1S/C18H28O5/c1-15(2)8-7-9-17(5)11(15)10-13(23-16(3,4)22-10)18(6,20)12(17)14(19)21-9/h9-13,20H,7-8H2,1-6H3/t9-,10-,11-,12-,13-,17-,18-/m0/s1. The highest BCUT2D eigenvalue weighted by atomic mass is 16.8. The first-order chi connectivity index (χ1) is 10.4. The molecule has 5 heteroatoms. The molecule has 4 aliphatic rings. The third-order valence-electron chi connectivity index (χ3n) is 6.99. The van der Waals surface area contributed by atoms with Gasteiger partial charge in [0.05, 0.1) is 12.0 Å². The van der Waals surface area contributed by atoms with Crippen LogP contribution in [-0.4, -0.2) is 40.8 Å². The topological polar surface area (TPSA) is 65.0 Å². The molecular formula is C18H28O5. The van der Waals surface area contributed by atoms with Crippen LogP contribution in [0.2, 0.25) is 0 Å². The third-order valence-corrected chi connectivity index (χ3v) is 6.99. The Hall–Kier alpha value is -0.650. The van der Waals surface area contributed by atoms with Gasteiger partial charge in [-0.3, -0.25) is 4.79 Å². The van der Waals surface area contributed by atoms with E-state index in [9.17, 15) is 9.90 Å². The minimum absolute atomic E-state index is 0.000671. The lowest BCUT2D eigenvalue weighted by Crippen LogP contribution is -2.70. The average Bonchev–Trinajstić information content (AvgIpc) is 2.81. The summed E-state index contributed by atoms with van der Waals surface area (Å²) in [5, 5.41) is 11.3. The van der Waals surface area contributed by atoms with E-state index >= 15 is 0 Å². The summed E-state index contributed by atoms with van der Waals surface area (Å²) in [5.41, 5.74) is -1.71. The minimum atomic E-state index is -1.29. The molecule has 2 saturated carbocycles. The molecule has 2 heterocycles. The Morgan fingerprint density at radius 1 is 1.09 bits per heavy atom. The molecule has 4 rings (SSSR count). The van der Waals surface area contributed by atoms with Gasteiger partial charge in [-0.1, -0.05) is 20.8 Å². The van der Waals surface area contributed by atoms with E-state index < -0.39 is 28.8 Å². The van der Waals surface area contributed by atoms with Crippen molar-refractivity contribution >= 4 is 5.97 Å². The predicted octanol–water partition coefficient (Wildman–Crippen LogP) is 2.26. The molecule has 23 heavy (non-hydrogen) atoms. The monoisotopic (exact) mass is 324 g/mol. The van der Waals surface area contributed by atoms with Gasteiger partial charge in [-0.05, 0) is 39.0 Å². The van der Waals surface area contributed by atoms with Crippen LogP contribution < -0.4 is 0 Å². The van der Waals surface area contributed by atoms with E-state index in [0.717, 1.165) is 12.8 Å². The molecule has 0 aromatic heterocycles. The van der Waals surface area contributed by atoms with Crippen molar-refractivity contribution in [1.29, 1.82) is 0 Å². The van der Waals surface area contributed by atoms with Crippen molar-refractivity contribution in [3.05, 3.63) is 0 Å². The molecule has 7 atom stereocenters. The normalized spacial score (nSPS) is 56.0. The van der Waals surface area contributed by atoms with Crippen LogP contribution in [0.5, 0.6) is 0 Å². The number of fused-ring (bicyclic) bond motifs is 2. The van der Waals surface area contributed by atoms with E-state index in [1.165, 1.54) is 0 Å². The van der Waals surface area contributed by atoms with Crippen LogP contribution in [0.1, 0.15) is 54.4 Å². The second-order valence-electron chi connectivity index (χ2n) is 9.48. The lowest BCUT2D eigenvalue weighted by atomic mass is 9.44. The summed E-state index contributed by atoms with van der Waals surface area (Å²) in [6.07, 6.45) is 0.947. The number of carbonyl (C=O) groups is 1. The largest absolute Gasteiger partial charge is 0.461 e. The zero-order valence-corrected chi connectivity index (χ0v) is 14.9. The first kappa shape index (κ1) is 15.9. The van der Waals surface area contributed by atoms with Crippen molar-refractivity contribution in [2.24, 2.45) is 22.7 Å². The molecule has 1 N–H and O–H groups in total. The summed E-state index contributed by atoms with van der Waals surface area (Å²) in [5.74, 6) is -1.49. The van der Waals surface area contributed by atoms with Crippen LogP contribution in [0.25, 0.3) is 0 Å². The van der Waals surface area contributed by atoms with Gasteiger partial charge in [0.1, 0.15) is 17.8 Å². The molecule has 130 valence electrons. The van der Waals surface area contributed by atoms with E-state index in [1.54, 1.807) is 6.92 Å². The quantitative estimate of drug-likeness (QED) is 0.692. The summed E-state index contributed by atoms with van der Waals surface area (Å²) in [7, 11) is 0. The van der Waals surface area contributed by atoms with E-state index in [1.807, 2.05) is 13.8 Å². The molecule has 2 saturated heterocycles. The van der Waals surface area contributed by atoms with E-state index in [-0.39, 0.29) is 29.5 Å². The maximum Gasteiger partial charge on any atom is 0.312 e. The molecule has 0 unspecified atom stereocenters. The van der Waals surface area contributed by atoms with Crippen molar-refractivity contribution in [3.8, 4) is 0 Å². The third kappa shape index (κ3) is 1.76. The minimum Gasteiger partial charge on any atom is -0.461 e. The molecule has 0 bridgehead atoms. The number of hydrogen-bond donors (Lipinski definition) is 1. The van der Waals surface area contributed by atoms with Crippen LogP contribution >= 0.6 is 0 Å². The Kier molecular flexibility index (Phi) is 2.84. The Labute approximate surface area is 137 Å². The molecule has 2 aliphatic carbocycles. The Morgan fingerprint density at radius 2 is 1.74 bits per heavy atom. The fourth-order valence-corrected chi connectivity index (χ4v) is 6.34. The molecular weight excluding hydrogens is 296 g/mol. The lowest BCUT2D eigenvalue weighted by Gasteiger charge is -2.60. The fourth-order valence-electron chi connectivity index (χ4n) is 6.34.